The predicted octanol–water partition coefficient (Wildman–Crippen LogP) is 2.31. The molecule has 0 radical (unpaired) electrons. The van der Waals surface area contributed by atoms with E-state index in [2.05, 4.69) is 10.1 Å². The number of ether oxygens (including phenoxy) is 4. The molecule has 0 bridgehead atoms. The molecule has 0 atom stereocenters. The normalized spacial score (nSPS) is 10.5. The number of fused-ring (bicyclic) bond motifs is 1. The molecule has 0 aliphatic rings. The fourth-order valence-electron chi connectivity index (χ4n) is 3.35. The number of pyridine rings is 1. The average molecular weight is 440 g/mol. The number of nitrogens with one attached hydrogen (secondary N) is 1. The molecule has 1 aromatic heterocycles. The first kappa shape index (κ1) is 22.7. The number of hydrogen-bond donors (Lipinski definition) is 1. The number of hydrogen-bond acceptors (Lipinski definition) is 7. The van der Waals surface area contributed by atoms with Crippen molar-refractivity contribution < 1.29 is 28.5 Å². The third kappa shape index (κ3) is 4.36. The summed E-state index contributed by atoms with van der Waals surface area (Å²) in [6, 6.07) is 10.1. The van der Waals surface area contributed by atoms with Crippen molar-refractivity contribution in [2.45, 2.75) is 6.42 Å². The van der Waals surface area contributed by atoms with Crippen LogP contribution in [0.1, 0.15) is 16.8 Å². The van der Waals surface area contributed by atoms with E-state index in [-0.39, 0.29) is 24.1 Å². The largest absolute Gasteiger partial charge is 0.493 e. The number of methoxy groups -OCH3 is 4. The van der Waals surface area contributed by atoms with Crippen LogP contribution in [-0.4, -0.2) is 51.4 Å². The first-order valence-electron chi connectivity index (χ1n) is 9.75. The molecule has 0 saturated carbocycles. The van der Waals surface area contributed by atoms with Crippen molar-refractivity contribution in [2.24, 2.45) is 0 Å². The van der Waals surface area contributed by atoms with Crippen molar-refractivity contribution in [1.82, 2.24) is 9.88 Å². The van der Waals surface area contributed by atoms with E-state index in [9.17, 15) is 14.4 Å². The van der Waals surface area contributed by atoms with E-state index in [0.29, 0.717) is 33.7 Å². The molecule has 9 nitrogen and oxygen atoms in total. The van der Waals surface area contributed by atoms with E-state index in [4.69, 9.17) is 14.2 Å². The van der Waals surface area contributed by atoms with Crippen LogP contribution in [0.4, 0.5) is 0 Å². The maximum absolute atomic E-state index is 13.3. The van der Waals surface area contributed by atoms with Crippen LogP contribution in [0.5, 0.6) is 17.2 Å². The van der Waals surface area contributed by atoms with Gasteiger partial charge in [0.15, 0.2) is 11.5 Å². The van der Waals surface area contributed by atoms with Crippen LogP contribution in [0, 0.1) is 0 Å². The molecule has 0 aliphatic heterocycles. The molecular formula is C23H24N2O7. The number of benzene rings is 2. The number of rotatable bonds is 8. The van der Waals surface area contributed by atoms with Crippen molar-refractivity contribution in [2.75, 3.05) is 35.0 Å². The second-order valence-corrected chi connectivity index (χ2v) is 6.73. The highest BCUT2D eigenvalue weighted by atomic mass is 16.5. The van der Waals surface area contributed by atoms with E-state index in [0.717, 1.165) is 0 Å². The molecule has 32 heavy (non-hydrogen) atoms. The molecular weight excluding hydrogens is 416 g/mol. The maximum Gasteiger partial charge on any atom is 0.307 e. The summed E-state index contributed by atoms with van der Waals surface area (Å²) >= 11 is 0. The van der Waals surface area contributed by atoms with Crippen molar-refractivity contribution in [3.05, 3.63) is 58.5 Å². The van der Waals surface area contributed by atoms with Gasteiger partial charge in [-0.1, -0.05) is 18.2 Å². The van der Waals surface area contributed by atoms with Gasteiger partial charge in [0.25, 0.3) is 11.5 Å². The Kier molecular flexibility index (Phi) is 6.99. The van der Waals surface area contributed by atoms with Crippen LogP contribution in [0.3, 0.4) is 0 Å². The molecule has 2 aromatic carbocycles. The number of aromatic nitrogens is 1. The average Bonchev–Trinajstić information content (AvgIpc) is 2.83. The lowest BCUT2D eigenvalue weighted by Crippen LogP contribution is -2.29. The molecule has 1 heterocycles. The highest BCUT2D eigenvalue weighted by Crippen LogP contribution is 2.39. The molecule has 1 N–H and O–H groups in total. The van der Waals surface area contributed by atoms with Crippen LogP contribution in [-0.2, 0) is 9.53 Å². The minimum absolute atomic E-state index is 0.0344. The Balaban J connectivity index is 2.15. The summed E-state index contributed by atoms with van der Waals surface area (Å²) in [4.78, 5) is 37.5. The number of esters is 1. The highest BCUT2D eigenvalue weighted by Gasteiger charge is 2.19. The van der Waals surface area contributed by atoms with Crippen molar-refractivity contribution >= 4 is 22.6 Å². The third-order valence-electron chi connectivity index (χ3n) is 4.94. The molecule has 0 aliphatic carbocycles. The van der Waals surface area contributed by atoms with Crippen LogP contribution >= 0.6 is 0 Å². The van der Waals surface area contributed by atoms with Crippen LogP contribution in [0.15, 0.2) is 47.4 Å². The van der Waals surface area contributed by atoms with Gasteiger partial charge in [0.1, 0.15) is 0 Å². The monoisotopic (exact) mass is 440 g/mol. The van der Waals surface area contributed by atoms with Crippen LogP contribution < -0.4 is 25.1 Å². The van der Waals surface area contributed by atoms with E-state index in [1.165, 1.54) is 39.2 Å². The summed E-state index contributed by atoms with van der Waals surface area (Å²) in [6.45, 7) is 0.100. The Morgan fingerprint density at radius 3 is 2.12 bits per heavy atom. The van der Waals surface area contributed by atoms with E-state index >= 15 is 0 Å². The second-order valence-electron chi connectivity index (χ2n) is 6.73. The zero-order valence-electron chi connectivity index (χ0n) is 18.3. The van der Waals surface area contributed by atoms with Crippen molar-refractivity contribution in [3.8, 4) is 22.9 Å². The van der Waals surface area contributed by atoms with E-state index in [1.807, 2.05) is 0 Å². The molecule has 168 valence electrons. The Morgan fingerprint density at radius 2 is 1.56 bits per heavy atom. The molecule has 0 unspecified atom stereocenters. The topological polar surface area (TPSA) is 105 Å². The minimum atomic E-state index is -0.433. The van der Waals surface area contributed by atoms with Gasteiger partial charge >= 0.3 is 5.97 Å². The number of carbonyl (C=O) groups excluding carboxylic acids is 2. The molecule has 3 aromatic rings. The lowest BCUT2D eigenvalue weighted by molar-refractivity contribution is -0.140. The summed E-state index contributed by atoms with van der Waals surface area (Å²) in [5, 5.41) is 3.55. The second kappa shape index (κ2) is 9.86. The quantitative estimate of drug-likeness (QED) is 0.536. The Morgan fingerprint density at radius 1 is 0.938 bits per heavy atom. The van der Waals surface area contributed by atoms with Gasteiger partial charge in [0.05, 0.1) is 46.1 Å². The Bertz CT molecular complexity index is 1190. The lowest BCUT2D eigenvalue weighted by atomic mass is 10.1. The summed E-state index contributed by atoms with van der Waals surface area (Å²) in [5.41, 5.74) is 0.388. The zero-order valence-corrected chi connectivity index (χ0v) is 18.3. The van der Waals surface area contributed by atoms with Crippen LogP contribution in [0.25, 0.3) is 16.5 Å². The van der Waals surface area contributed by atoms with Gasteiger partial charge in [-0.3, -0.25) is 19.0 Å². The summed E-state index contributed by atoms with van der Waals surface area (Å²) in [5.74, 6) is 0.259. The third-order valence-corrected chi connectivity index (χ3v) is 4.94. The smallest absolute Gasteiger partial charge is 0.307 e. The van der Waals surface area contributed by atoms with Crippen molar-refractivity contribution in [1.29, 1.82) is 0 Å². The van der Waals surface area contributed by atoms with Gasteiger partial charge in [0, 0.05) is 35.6 Å². The number of carbonyl (C=O) groups is 2. The van der Waals surface area contributed by atoms with E-state index < -0.39 is 11.9 Å². The van der Waals surface area contributed by atoms with E-state index in [1.54, 1.807) is 36.4 Å². The number of nitrogens with zero attached hydrogens (tertiary/aromatic N) is 1. The van der Waals surface area contributed by atoms with Gasteiger partial charge in [-0.2, -0.15) is 0 Å². The molecule has 0 fully saturated rings. The Labute approximate surface area is 184 Å². The minimum Gasteiger partial charge on any atom is -0.493 e. The first-order valence-corrected chi connectivity index (χ1v) is 9.75. The Hall–Kier alpha value is -4.01. The maximum atomic E-state index is 13.3. The predicted molar refractivity (Wildman–Crippen MR) is 118 cm³/mol. The van der Waals surface area contributed by atoms with Gasteiger partial charge < -0.3 is 24.3 Å². The number of amides is 1. The van der Waals surface area contributed by atoms with Gasteiger partial charge in [-0.05, 0) is 6.07 Å². The molecule has 3 rings (SSSR count). The summed E-state index contributed by atoms with van der Waals surface area (Å²) < 4.78 is 22.1. The highest BCUT2D eigenvalue weighted by molar-refractivity contribution is 6.06. The first-order chi connectivity index (χ1) is 15.4. The zero-order chi connectivity index (χ0) is 23.3. The van der Waals surface area contributed by atoms with Gasteiger partial charge in [-0.25, -0.2) is 0 Å². The van der Waals surface area contributed by atoms with Gasteiger partial charge in [0.2, 0.25) is 5.75 Å². The molecule has 0 saturated heterocycles. The summed E-state index contributed by atoms with van der Waals surface area (Å²) in [6.07, 6.45) is 1.49. The molecule has 1 amide bonds. The lowest BCUT2D eigenvalue weighted by Gasteiger charge is -2.16. The SMILES string of the molecule is COC(=O)CCNC(=O)c1cn(-c2cc(OC)c(OC)c(OC)c2)c(=O)c2ccccc12. The standard InChI is InChI=1S/C23H24N2O7/c1-29-18-11-14(12-19(30-2)21(18)32-4)25-13-17(22(27)24-10-9-20(26)31-3)15-7-5-6-8-16(15)23(25)28/h5-8,11-13H,9-10H2,1-4H3,(H,24,27). The summed E-state index contributed by atoms with van der Waals surface area (Å²) in [7, 11) is 5.72. The fraction of sp³-hybridized carbons (Fsp3) is 0.261. The van der Waals surface area contributed by atoms with Gasteiger partial charge in [-0.15, -0.1) is 0 Å². The fourth-order valence-corrected chi connectivity index (χ4v) is 3.35. The molecule has 0 spiro atoms. The van der Waals surface area contributed by atoms with Crippen LogP contribution in [0.2, 0.25) is 0 Å². The van der Waals surface area contributed by atoms with Crippen molar-refractivity contribution in [3.63, 3.8) is 0 Å². The molecule has 9 heteroatoms.